The molecule has 0 radical (unpaired) electrons. The zero-order chi connectivity index (χ0) is 15.4. The monoisotopic (exact) mass is 305 g/mol. The van der Waals surface area contributed by atoms with Crippen LogP contribution in [0.3, 0.4) is 0 Å². The number of rotatable bonds is 5. The highest BCUT2D eigenvalue weighted by Gasteiger charge is 2.08. The highest BCUT2D eigenvalue weighted by Crippen LogP contribution is 2.29. The van der Waals surface area contributed by atoms with Crippen LogP contribution >= 0.6 is 11.6 Å². The van der Waals surface area contributed by atoms with Crippen LogP contribution < -0.4 is 10.6 Å². The Morgan fingerprint density at radius 3 is 2.67 bits per heavy atom. The molecule has 0 unspecified atom stereocenters. The molecule has 0 saturated carbocycles. The first kappa shape index (κ1) is 15.5. The summed E-state index contributed by atoms with van der Waals surface area (Å²) in [6.45, 7) is 9.11. The van der Waals surface area contributed by atoms with Crippen molar-refractivity contribution in [3.8, 4) is 0 Å². The smallest absolute Gasteiger partial charge is 0.249 e. The van der Waals surface area contributed by atoms with Gasteiger partial charge >= 0.3 is 0 Å². The van der Waals surface area contributed by atoms with Gasteiger partial charge in [-0.2, -0.15) is 10.1 Å². The Morgan fingerprint density at radius 1 is 1.24 bits per heavy atom. The van der Waals surface area contributed by atoms with E-state index in [1.807, 2.05) is 19.9 Å². The van der Waals surface area contributed by atoms with Crippen LogP contribution in [0.15, 0.2) is 18.3 Å². The molecule has 0 aliphatic heterocycles. The van der Waals surface area contributed by atoms with Gasteiger partial charge in [0.15, 0.2) is 5.82 Å². The van der Waals surface area contributed by atoms with Crippen molar-refractivity contribution in [1.29, 1.82) is 0 Å². The number of aromatic nitrogens is 3. The summed E-state index contributed by atoms with van der Waals surface area (Å²) in [6, 6.07) is 3.97. The molecule has 1 aromatic carbocycles. The summed E-state index contributed by atoms with van der Waals surface area (Å²) in [5, 5.41) is 15.0. The molecule has 21 heavy (non-hydrogen) atoms. The lowest BCUT2D eigenvalue weighted by atomic mass is 10.1. The molecule has 2 N–H and O–H groups in total. The fraction of sp³-hybridized carbons (Fsp3) is 0.400. The van der Waals surface area contributed by atoms with Crippen molar-refractivity contribution in [2.24, 2.45) is 5.92 Å². The predicted octanol–water partition coefficient (Wildman–Crippen LogP) is 3.95. The van der Waals surface area contributed by atoms with Crippen LogP contribution in [0, 0.1) is 19.8 Å². The van der Waals surface area contributed by atoms with E-state index in [2.05, 4.69) is 45.7 Å². The van der Waals surface area contributed by atoms with Crippen LogP contribution in [0.4, 0.5) is 17.5 Å². The topological polar surface area (TPSA) is 62.7 Å². The molecule has 1 aromatic heterocycles. The van der Waals surface area contributed by atoms with Crippen molar-refractivity contribution >= 4 is 29.1 Å². The Labute approximate surface area is 130 Å². The third-order valence-corrected chi connectivity index (χ3v) is 3.22. The SMILES string of the molecule is Cc1cc(C)c(Nc2nncc(NCC(C)C)n2)c(Cl)c1. The molecule has 0 bridgehead atoms. The first-order valence-electron chi connectivity index (χ1n) is 6.93. The number of hydrogen-bond donors (Lipinski definition) is 2. The molecule has 5 nitrogen and oxygen atoms in total. The van der Waals surface area contributed by atoms with Crippen LogP contribution in [0.2, 0.25) is 5.02 Å². The molecule has 2 aromatic rings. The van der Waals surface area contributed by atoms with Crippen LogP contribution in [0.1, 0.15) is 25.0 Å². The van der Waals surface area contributed by atoms with Gasteiger partial charge in [0.25, 0.3) is 0 Å². The predicted molar refractivity (Wildman–Crippen MR) is 87.4 cm³/mol. The number of nitrogens with zero attached hydrogens (tertiary/aromatic N) is 3. The van der Waals surface area contributed by atoms with E-state index in [1.54, 1.807) is 6.20 Å². The van der Waals surface area contributed by atoms with Crippen molar-refractivity contribution in [3.63, 3.8) is 0 Å². The minimum absolute atomic E-state index is 0.428. The van der Waals surface area contributed by atoms with Crippen LogP contribution in [-0.2, 0) is 0 Å². The number of benzene rings is 1. The van der Waals surface area contributed by atoms with Crippen molar-refractivity contribution in [3.05, 3.63) is 34.5 Å². The van der Waals surface area contributed by atoms with Crippen molar-refractivity contribution in [2.45, 2.75) is 27.7 Å². The molecule has 6 heteroatoms. The van der Waals surface area contributed by atoms with Crippen molar-refractivity contribution in [2.75, 3.05) is 17.2 Å². The first-order valence-corrected chi connectivity index (χ1v) is 7.31. The van der Waals surface area contributed by atoms with Gasteiger partial charge in [-0.05, 0) is 37.0 Å². The third kappa shape index (κ3) is 4.29. The van der Waals surface area contributed by atoms with Crippen LogP contribution in [0.5, 0.6) is 0 Å². The minimum Gasteiger partial charge on any atom is -0.368 e. The zero-order valence-electron chi connectivity index (χ0n) is 12.7. The molecule has 0 amide bonds. The van der Waals surface area contributed by atoms with E-state index in [1.165, 1.54) is 0 Å². The summed E-state index contributed by atoms with van der Waals surface area (Å²) in [7, 11) is 0. The summed E-state index contributed by atoms with van der Waals surface area (Å²) in [5.74, 6) is 1.66. The average molecular weight is 306 g/mol. The first-order chi connectivity index (χ1) is 9.95. The number of nitrogens with one attached hydrogen (secondary N) is 2. The molecule has 0 saturated heterocycles. The van der Waals surface area contributed by atoms with E-state index in [-0.39, 0.29) is 0 Å². The van der Waals surface area contributed by atoms with E-state index in [0.29, 0.717) is 22.7 Å². The Morgan fingerprint density at radius 2 is 2.00 bits per heavy atom. The number of aryl methyl sites for hydroxylation is 2. The normalized spacial score (nSPS) is 10.8. The lowest BCUT2D eigenvalue weighted by molar-refractivity contribution is 0.686. The maximum Gasteiger partial charge on any atom is 0.249 e. The van der Waals surface area contributed by atoms with Crippen molar-refractivity contribution in [1.82, 2.24) is 15.2 Å². The second kappa shape index (κ2) is 6.72. The Balaban J connectivity index is 2.18. The highest BCUT2D eigenvalue weighted by atomic mass is 35.5. The Hall–Kier alpha value is -1.88. The second-order valence-electron chi connectivity index (χ2n) is 5.50. The fourth-order valence-corrected chi connectivity index (χ4v) is 2.30. The van der Waals surface area contributed by atoms with E-state index >= 15 is 0 Å². The van der Waals surface area contributed by atoms with Gasteiger partial charge in [0.2, 0.25) is 5.95 Å². The van der Waals surface area contributed by atoms with Gasteiger partial charge < -0.3 is 10.6 Å². The molecule has 112 valence electrons. The number of hydrogen-bond acceptors (Lipinski definition) is 5. The zero-order valence-corrected chi connectivity index (χ0v) is 13.5. The lowest BCUT2D eigenvalue weighted by Gasteiger charge is -2.12. The van der Waals surface area contributed by atoms with Gasteiger partial charge in [0, 0.05) is 6.54 Å². The quantitative estimate of drug-likeness (QED) is 0.875. The molecule has 2 rings (SSSR count). The summed E-state index contributed by atoms with van der Waals surface area (Å²) >= 11 is 6.27. The Bertz CT molecular complexity index is 604. The van der Waals surface area contributed by atoms with Gasteiger partial charge in [-0.1, -0.05) is 31.5 Å². The number of anilines is 3. The van der Waals surface area contributed by atoms with Crippen LogP contribution in [0.25, 0.3) is 0 Å². The third-order valence-electron chi connectivity index (χ3n) is 2.92. The second-order valence-corrected chi connectivity index (χ2v) is 5.91. The maximum absolute atomic E-state index is 6.27. The van der Waals surface area contributed by atoms with Gasteiger partial charge in [0.05, 0.1) is 16.9 Å². The summed E-state index contributed by atoms with van der Waals surface area (Å²) < 4.78 is 0. The van der Waals surface area contributed by atoms with E-state index in [0.717, 1.165) is 23.4 Å². The molecule has 0 atom stereocenters. The average Bonchev–Trinajstić information content (AvgIpc) is 2.41. The fourth-order valence-electron chi connectivity index (χ4n) is 1.94. The van der Waals surface area contributed by atoms with E-state index < -0.39 is 0 Å². The standard InChI is InChI=1S/C15H20ClN5/c1-9(2)7-17-13-8-18-21-15(19-13)20-14-11(4)5-10(3)6-12(14)16/h5-6,8-9H,7H2,1-4H3,(H2,17,19,20,21). The van der Waals surface area contributed by atoms with E-state index in [4.69, 9.17) is 11.6 Å². The molecule has 1 heterocycles. The largest absolute Gasteiger partial charge is 0.368 e. The minimum atomic E-state index is 0.428. The lowest BCUT2D eigenvalue weighted by Crippen LogP contribution is -2.11. The molecule has 0 aliphatic rings. The molecule has 0 spiro atoms. The van der Waals surface area contributed by atoms with Gasteiger partial charge in [-0.3, -0.25) is 0 Å². The number of halogens is 1. The van der Waals surface area contributed by atoms with Gasteiger partial charge in [0.1, 0.15) is 0 Å². The van der Waals surface area contributed by atoms with E-state index in [9.17, 15) is 0 Å². The highest BCUT2D eigenvalue weighted by molar-refractivity contribution is 6.33. The van der Waals surface area contributed by atoms with Gasteiger partial charge in [-0.15, -0.1) is 5.10 Å². The Kier molecular flexibility index (Phi) is 4.96. The maximum atomic E-state index is 6.27. The summed E-state index contributed by atoms with van der Waals surface area (Å²) in [6.07, 6.45) is 1.61. The van der Waals surface area contributed by atoms with Gasteiger partial charge in [-0.25, -0.2) is 0 Å². The van der Waals surface area contributed by atoms with Crippen LogP contribution in [-0.4, -0.2) is 21.7 Å². The van der Waals surface area contributed by atoms with Crippen molar-refractivity contribution < 1.29 is 0 Å². The molecular weight excluding hydrogens is 286 g/mol. The molecule has 0 fully saturated rings. The summed E-state index contributed by atoms with van der Waals surface area (Å²) in [4.78, 5) is 4.39. The summed E-state index contributed by atoms with van der Waals surface area (Å²) in [5.41, 5.74) is 2.98. The molecule has 0 aliphatic carbocycles. The molecular formula is C15H20ClN5.